The predicted octanol–water partition coefficient (Wildman–Crippen LogP) is 5.64. The van der Waals surface area contributed by atoms with Gasteiger partial charge < -0.3 is 10.8 Å². The van der Waals surface area contributed by atoms with Crippen LogP contribution in [0.2, 0.25) is 0 Å². The van der Waals surface area contributed by atoms with E-state index in [0.29, 0.717) is 0 Å². The van der Waals surface area contributed by atoms with E-state index in [4.69, 9.17) is 10.8 Å². The molecule has 0 saturated carbocycles. The standard InChI is InChI=1S/4C5H5N.2CNS.Cu/c4*1-2-4-6-5-3-1;2*2-1-3;/h4*1-5H;;;/q;;;;2*-1;+2. The van der Waals surface area contributed by atoms with Gasteiger partial charge in [0.1, 0.15) is 0 Å². The second-order valence-corrected chi connectivity index (χ2v) is 4.65. The molecule has 0 aliphatic rings. The van der Waals surface area contributed by atoms with Gasteiger partial charge in [-0.1, -0.05) is 48.7 Å². The van der Waals surface area contributed by atoms with E-state index in [1.54, 1.807) is 49.6 Å². The molecule has 1 radical (unpaired) electrons. The van der Waals surface area contributed by atoms with E-state index in [-0.39, 0.29) is 17.1 Å². The van der Waals surface area contributed by atoms with Crippen LogP contribution in [-0.4, -0.2) is 30.3 Å². The Morgan fingerprint density at radius 3 is 0.548 bits per heavy atom. The van der Waals surface area contributed by atoms with Gasteiger partial charge in [0.2, 0.25) is 0 Å². The molecule has 0 fully saturated rings. The van der Waals surface area contributed by atoms with Crippen molar-refractivity contribution < 1.29 is 17.1 Å². The Balaban J connectivity index is -0.000000309. The van der Waals surface area contributed by atoms with E-state index in [1.165, 1.54) is 10.3 Å². The van der Waals surface area contributed by atoms with Crippen molar-refractivity contribution in [2.75, 3.05) is 0 Å². The predicted molar refractivity (Wildman–Crippen MR) is 129 cm³/mol. The number of nitrogens with zero attached hydrogens (tertiary/aromatic N) is 6. The van der Waals surface area contributed by atoms with Gasteiger partial charge in [0.05, 0.1) is 0 Å². The van der Waals surface area contributed by atoms with E-state index in [0.717, 1.165) is 0 Å². The monoisotopic (exact) mass is 495 g/mol. The molecule has 6 nitrogen and oxygen atoms in total. The SMILES string of the molecule is [Cu+2].[N-]=C=S.[N-]=C=S.c1ccncc1.c1ccncc1.c1ccncc1.c1ccncc1. The Kier molecular flexibility index (Phi) is 35.8. The van der Waals surface area contributed by atoms with Crippen LogP contribution in [0.3, 0.4) is 0 Å². The smallest absolute Gasteiger partial charge is 0.753 e. The van der Waals surface area contributed by atoms with Gasteiger partial charge in [-0.25, -0.2) is 0 Å². The molecule has 4 aromatic heterocycles. The molecule has 0 aromatic carbocycles. The summed E-state index contributed by atoms with van der Waals surface area (Å²) in [7, 11) is 0. The number of hydrogen-bond acceptors (Lipinski definition) is 6. The zero-order valence-corrected chi connectivity index (χ0v) is 18.9. The van der Waals surface area contributed by atoms with Crippen molar-refractivity contribution in [1.82, 2.24) is 19.9 Å². The van der Waals surface area contributed by atoms with Gasteiger partial charge in [0, 0.05) is 49.6 Å². The number of rotatable bonds is 0. The first-order chi connectivity index (χ1) is 14.8. The van der Waals surface area contributed by atoms with Crippen molar-refractivity contribution in [2.24, 2.45) is 0 Å². The first kappa shape index (κ1) is 32.4. The normalized spacial score (nSPS) is 6.71. The van der Waals surface area contributed by atoms with Gasteiger partial charge in [-0.2, -0.15) is 10.3 Å². The first-order valence-electron chi connectivity index (χ1n) is 8.25. The average molecular weight is 496 g/mol. The van der Waals surface area contributed by atoms with Crippen LogP contribution in [0, 0.1) is 0 Å². The van der Waals surface area contributed by atoms with Gasteiger partial charge in [0.15, 0.2) is 0 Å². The molecule has 0 unspecified atom stereocenters. The Bertz CT molecular complexity index is 601. The number of aromatic nitrogens is 4. The molecule has 4 heterocycles. The molecular formula is C22H20CuN6S2. The van der Waals surface area contributed by atoms with E-state index < -0.39 is 0 Å². The number of thiocarbonyl (C=S) groups is 2. The fraction of sp³-hybridized carbons (Fsp3) is 0. The quantitative estimate of drug-likeness (QED) is 0.178. The molecule has 161 valence electrons. The number of hydrogen-bond donors (Lipinski definition) is 0. The van der Waals surface area contributed by atoms with Crippen LogP contribution in [0.5, 0.6) is 0 Å². The van der Waals surface area contributed by atoms with Crippen LogP contribution >= 0.6 is 24.4 Å². The molecule has 9 heteroatoms. The summed E-state index contributed by atoms with van der Waals surface area (Å²) in [6.45, 7) is 0. The minimum absolute atomic E-state index is 0. The summed E-state index contributed by atoms with van der Waals surface area (Å²) in [6.07, 6.45) is 14.0. The third-order valence-electron chi connectivity index (χ3n) is 2.27. The molecule has 0 saturated heterocycles. The van der Waals surface area contributed by atoms with Crippen LogP contribution in [0.25, 0.3) is 10.8 Å². The van der Waals surface area contributed by atoms with Crippen LogP contribution in [-0.2, 0) is 17.1 Å². The fourth-order valence-electron chi connectivity index (χ4n) is 1.25. The number of isothiocyanates is 2. The summed E-state index contributed by atoms with van der Waals surface area (Å²) >= 11 is 7.40. The molecular weight excluding hydrogens is 476 g/mol. The summed E-state index contributed by atoms with van der Waals surface area (Å²) in [4.78, 5) is 15.1. The maximum absolute atomic E-state index is 7.13. The summed E-state index contributed by atoms with van der Waals surface area (Å²) < 4.78 is 0. The third kappa shape index (κ3) is 38.0. The molecule has 0 spiro atoms. The largest absolute Gasteiger partial charge is 2.00 e. The molecule has 0 aliphatic carbocycles. The van der Waals surface area contributed by atoms with E-state index in [2.05, 4.69) is 44.4 Å². The third-order valence-corrected chi connectivity index (χ3v) is 2.27. The summed E-state index contributed by atoms with van der Waals surface area (Å²) in [5, 5.41) is 16.9. The zero-order chi connectivity index (χ0) is 22.4. The Morgan fingerprint density at radius 1 is 0.387 bits per heavy atom. The number of pyridine rings is 4. The van der Waals surface area contributed by atoms with Gasteiger partial charge in [-0.05, 0) is 48.5 Å². The molecule has 4 rings (SSSR count). The van der Waals surface area contributed by atoms with E-state index >= 15 is 0 Å². The maximum atomic E-state index is 7.13. The van der Waals surface area contributed by atoms with Crippen molar-refractivity contribution in [2.45, 2.75) is 0 Å². The minimum atomic E-state index is 0. The molecule has 31 heavy (non-hydrogen) atoms. The van der Waals surface area contributed by atoms with E-state index in [1.807, 2.05) is 72.8 Å². The van der Waals surface area contributed by atoms with Crippen molar-refractivity contribution in [3.05, 3.63) is 133 Å². The van der Waals surface area contributed by atoms with Crippen molar-refractivity contribution in [1.29, 1.82) is 0 Å². The Hall–Kier alpha value is -3.28. The van der Waals surface area contributed by atoms with Crippen molar-refractivity contribution in [3.8, 4) is 0 Å². The van der Waals surface area contributed by atoms with E-state index in [9.17, 15) is 0 Å². The van der Waals surface area contributed by atoms with Crippen LogP contribution in [0.4, 0.5) is 0 Å². The van der Waals surface area contributed by atoms with Gasteiger partial charge in [0.25, 0.3) is 0 Å². The molecule has 0 N–H and O–H groups in total. The van der Waals surface area contributed by atoms with Crippen LogP contribution < -0.4 is 0 Å². The first-order valence-corrected chi connectivity index (χ1v) is 9.07. The van der Waals surface area contributed by atoms with Gasteiger partial charge >= 0.3 is 17.1 Å². The summed E-state index contributed by atoms with van der Waals surface area (Å²) in [6, 6.07) is 22.9. The molecule has 0 amide bonds. The summed E-state index contributed by atoms with van der Waals surface area (Å²) in [5.74, 6) is 0. The van der Waals surface area contributed by atoms with Crippen molar-refractivity contribution in [3.63, 3.8) is 0 Å². The minimum Gasteiger partial charge on any atom is -0.753 e. The Morgan fingerprint density at radius 2 is 0.516 bits per heavy atom. The Labute approximate surface area is 204 Å². The zero-order valence-electron chi connectivity index (χ0n) is 16.3. The van der Waals surface area contributed by atoms with Crippen LogP contribution in [0.1, 0.15) is 0 Å². The molecule has 0 bridgehead atoms. The fourth-order valence-corrected chi connectivity index (χ4v) is 1.25. The summed E-state index contributed by atoms with van der Waals surface area (Å²) in [5.41, 5.74) is 0. The second kappa shape index (κ2) is 34.2. The van der Waals surface area contributed by atoms with Crippen molar-refractivity contribution >= 4 is 34.8 Å². The second-order valence-electron chi connectivity index (χ2n) is 4.28. The maximum Gasteiger partial charge on any atom is 2.00 e. The van der Waals surface area contributed by atoms with Gasteiger partial charge in [-0.3, -0.25) is 19.9 Å². The molecule has 0 atom stereocenters. The molecule has 4 aromatic rings. The van der Waals surface area contributed by atoms with Crippen LogP contribution in [0.15, 0.2) is 122 Å². The average Bonchev–Trinajstić information content (AvgIpc) is 2.86. The van der Waals surface area contributed by atoms with Gasteiger partial charge in [-0.15, -0.1) is 0 Å². The molecule has 0 aliphatic heterocycles. The topological polar surface area (TPSA) is 96.2 Å².